The van der Waals surface area contributed by atoms with Crippen molar-refractivity contribution in [3.63, 3.8) is 0 Å². The summed E-state index contributed by atoms with van der Waals surface area (Å²) in [4.78, 5) is 24.1. The van der Waals surface area contributed by atoms with Crippen LogP contribution in [0, 0.1) is 0 Å². The molecule has 0 fully saturated rings. The van der Waals surface area contributed by atoms with Gasteiger partial charge >= 0.3 is 11.9 Å². The van der Waals surface area contributed by atoms with Crippen molar-refractivity contribution in [1.82, 2.24) is 0 Å². The first-order chi connectivity index (χ1) is 12.4. The largest absolute Gasteiger partial charge is 0.478 e. The summed E-state index contributed by atoms with van der Waals surface area (Å²) in [6.07, 6.45) is -0.0787. The number of carbonyl (C=O) groups is 2. The van der Waals surface area contributed by atoms with Gasteiger partial charge in [-0.2, -0.15) is 0 Å². The normalized spacial score (nSPS) is 9.88. The molecule has 5 heteroatoms. The van der Waals surface area contributed by atoms with Crippen LogP contribution in [0.1, 0.15) is 48.4 Å². The molecule has 5 nitrogen and oxygen atoms in total. The van der Waals surface area contributed by atoms with Gasteiger partial charge in [-0.25, -0.2) is 9.59 Å². The Labute approximate surface area is 155 Å². The molecule has 0 radical (unpaired) electrons. The lowest BCUT2D eigenvalue weighted by Gasteiger charge is -2.21. The lowest BCUT2D eigenvalue weighted by Crippen LogP contribution is -2.21. The second-order valence-corrected chi connectivity index (χ2v) is 5.84. The minimum Gasteiger partial charge on any atom is -0.478 e. The number of anilines is 1. The lowest BCUT2D eigenvalue weighted by atomic mass is 10.2. The van der Waals surface area contributed by atoms with Crippen molar-refractivity contribution in [2.75, 3.05) is 18.0 Å². The van der Waals surface area contributed by atoms with Crippen molar-refractivity contribution in [2.24, 2.45) is 0 Å². The highest BCUT2D eigenvalue weighted by atomic mass is 16.5. The molecule has 2 aromatic carbocycles. The zero-order valence-electron chi connectivity index (χ0n) is 15.8. The molecule has 0 bridgehead atoms. The van der Waals surface area contributed by atoms with Crippen molar-refractivity contribution < 1.29 is 19.4 Å². The number of rotatable bonds is 6. The zero-order valence-corrected chi connectivity index (χ0v) is 15.8. The van der Waals surface area contributed by atoms with Gasteiger partial charge in [-0.15, -0.1) is 0 Å². The summed E-state index contributed by atoms with van der Waals surface area (Å²) in [5, 5.41) is 8.38. The van der Waals surface area contributed by atoms with Crippen LogP contribution in [0.15, 0.2) is 54.6 Å². The van der Waals surface area contributed by atoms with E-state index in [-0.39, 0.29) is 12.1 Å². The number of carboxylic acids is 1. The molecule has 0 amide bonds. The Morgan fingerprint density at radius 1 is 0.923 bits per heavy atom. The van der Waals surface area contributed by atoms with Gasteiger partial charge in [0.2, 0.25) is 0 Å². The van der Waals surface area contributed by atoms with Gasteiger partial charge in [0, 0.05) is 18.8 Å². The number of carbonyl (C=O) groups excluding carboxylic acids is 1. The summed E-state index contributed by atoms with van der Waals surface area (Å²) in [6, 6.07) is 15.9. The van der Waals surface area contributed by atoms with Gasteiger partial charge < -0.3 is 14.7 Å². The van der Waals surface area contributed by atoms with E-state index in [1.807, 2.05) is 38.1 Å². The van der Waals surface area contributed by atoms with Crippen LogP contribution in [0.25, 0.3) is 0 Å². The van der Waals surface area contributed by atoms with Gasteiger partial charge in [0.15, 0.2) is 0 Å². The average Bonchev–Trinajstić information content (AvgIpc) is 2.64. The van der Waals surface area contributed by atoms with E-state index >= 15 is 0 Å². The summed E-state index contributed by atoms with van der Waals surface area (Å²) in [5.41, 5.74) is 2.07. The number of benzene rings is 2. The molecule has 0 aromatic heterocycles. The van der Waals surface area contributed by atoms with Crippen LogP contribution in [-0.4, -0.2) is 36.2 Å². The molecule has 0 saturated heterocycles. The predicted octanol–water partition coefficient (Wildman–Crippen LogP) is 4.48. The highest BCUT2D eigenvalue weighted by Gasteiger charge is 2.09. The molecule has 0 aliphatic rings. The molecule has 0 heterocycles. The topological polar surface area (TPSA) is 66.8 Å². The summed E-state index contributed by atoms with van der Waals surface area (Å²) in [6.45, 7) is 9.86. The molecule has 0 aliphatic heterocycles. The highest BCUT2D eigenvalue weighted by Crippen LogP contribution is 2.15. The van der Waals surface area contributed by atoms with E-state index < -0.39 is 5.97 Å². The fraction of sp³-hybridized carbons (Fsp3) is 0.333. The first-order valence-corrected chi connectivity index (χ1v) is 8.73. The van der Waals surface area contributed by atoms with E-state index in [1.54, 1.807) is 30.3 Å². The molecule has 0 unspecified atom stereocenters. The first-order valence-electron chi connectivity index (χ1n) is 8.73. The standard InChI is InChI=1S/C14H21NO2.C7H6O2/c1-5-15(6-2)13-9-7-12(8-10-13)14(16)17-11(3)4;8-7(9)6-4-2-1-3-5-6/h7-11H,5-6H2,1-4H3;1-5H,(H,8,9). The Bertz CT molecular complexity index is 677. The van der Waals surface area contributed by atoms with Crippen molar-refractivity contribution in [3.8, 4) is 0 Å². The average molecular weight is 357 g/mol. The monoisotopic (exact) mass is 357 g/mol. The SMILES string of the molecule is CCN(CC)c1ccc(C(=O)OC(C)C)cc1.O=C(O)c1ccccc1. The Morgan fingerprint density at radius 2 is 1.46 bits per heavy atom. The van der Waals surface area contributed by atoms with Crippen molar-refractivity contribution >= 4 is 17.6 Å². The highest BCUT2D eigenvalue weighted by molar-refractivity contribution is 5.90. The number of ether oxygens (including phenoxy) is 1. The number of nitrogens with zero attached hydrogens (tertiary/aromatic N) is 1. The molecule has 2 aromatic rings. The van der Waals surface area contributed by atoms with Crippen LogP contribution in [0.3, 0.4) is 0 Å². The Kier molecular flexibility index (Phi) is 8.92. The first kappa shape index (κ1) is 21.2. The fourth-order valence-corrected chi connectivity index (χ4v) is 2.26. The van der Waals surface area contributed by atoms with Gasteiger partial charge in [0.1, 0.15) is 0 Å². The van der Waals surface area contributed by atoms with Crippen LogP contribution in [0.5, 0.6) is 0 Å². The summed E-state index contributed by atoms with van der Waals surface area (Å²) >= 11 is 0. The molecular formula is C21H27NO4. The van der Waals surface area contributed by atoms with Crippen molar-refractivity contribution in [1.29, 1.82) is 0 Å². The number of aromatic carboxylic acids is 1. The maximum Gasteiger partial charge on any atom is 0.338 e. The van der Waals surface area contributed by atoms with Gasteiger partial charge in [-0.3, -0.25) is 0 Å². The van der Waals surface area contributed by atoms with Gasteiger partial charge in [0.25, 0.3) is 0 Å². The molecule has 0 saturated carbocycles. The van der Waals surface area contributed by atoms with Crippen molar-refractivity contribution in [3.05, 3.63) is 65.7 Å². The Hall–Kier alpha value is -2.82. The lowest BCUT2D eigenvalue weighted by molar-refractivity contribution is 0.0377. The minimum atomic E-state index is -0.879. The third-order valence-corrected chi connectivity index (χ3v) is 3.60. The smallest absolute Gasteiger partial charge is 0.338 e. The maximum atomic E-state index is 11.6. The molecule has 0 aliphatic carbocycles. The van der Waals surface area contributed by atoms with Crippen LogP contribution in [0.2, 0.25) is 0 Å². The zero-order chi connectivity index (χ0) is 19.5. The second-order valence-electron chi connectivity index (χ2n) is 5.84. The predicted molar refractivity (Wildman–Crippen MR) is 104 cm³/mol. The second kappa shape index (κ2) is 10.9. The van der Waals surface area contributed by atoms with Crippen LogP contribution in [0.4, 0.5) is 5.69 Å². The third kappa shape index (κ3) is 6.97. The van der Waals surface area contributed by atoms with Gasteiger partial charge in [0.05, 0.1) is 17.2 Å². The number of hydrogen-bond donors (Lipinski definition) is 1. The summed E-state index contributed by atoms with van der Waals surface area (Å²) < 4.78 is 5.14. The molecular weight excluding hydrogens is 330 g/mol. The van der Waals surface area contributed by atoms with Crippen LogP contribution in [-0.2, 0) is 4.74 Å². The van der Waals surface area contributed by atoms with E-state index in [2.05, 4.69) is 18.7 Å². The minimum absolute atomic E-state index is 0.0787. The van der Waals surface area contributed by atoms with Gasteiger partial charge in [-0.1, -0.05) is 18.2 Å². The number of hydrogen-bond acceptors (Lipinski definition) is 4. The van der Waals surface area contributed by atoms with E-state index in [9.17, 15) is 9.59 Å². The molecule has 2 rings (SSSR count). The van der Waals surface area contributed by atoms with Crippen LogP contribution < -0.4 is 4.90 Å². The van der Waals surface area contributed by atoms with Gasteiger partial charge in [-0.05, 0) is 64.1 Å². The molecule has 140 valence electrons. The molecule has 1 N–H and O–H groups in total. The van der Waals surface area contributed by atoms with E-state index in [0.717, 1.165) is 18.8 Å². The van der Waals surface area contributed by atoms with E-state index in [1.165, 1.54) is 0 Å². The molecule has 26 heavy (non-hydrogen) atoms. The number of esters is 1. The maximum absolute atomic E-state index is 11.6. The van der Waals surface area contributed by atoms with Crippen molar-refractivity contribution in [2.45, 2.75) is 33.8 Å². The fourth-order valence-electron chi connectivity index (χ4n) is 2.26. The quantitative estimate of drug-likeness (QED) is 0.772. The Morgan fingerprint density at radius 3 is 1.85 bits per heavy atom. The van der Waals surface area contributed by atoms with E-state index in [0.29, 0.717) is 11.1 Å². The summed E-state index contributed by atoms with van der Waals surface area (Å²) in [5.74, 6) is -1.14. The molecule has 0 atom stereocenters. The Balaban J connectivity index is 0.000000314. The summed E-state index contributed by atoms with van der Waals surface area (Å²) in [7, 11) is 0. The third-order valence-electron chi connectivity index (χ3n) is 3.60. The number of carboxylic acid groups (broad SMARTS) is 1. The molecule has 0 spiro atoms. The van der Waals surface area contributed by atoms with Crippen LogP contribution >= 0.6 is 0 Å². The van der Waals surface area contributed by atoms with E-state index in [4.69, 9.17) is 9.84 Å².